The van der Waals surface area contributed by atoms with Gasteiger partial charge in [-0.3, -0.25) is 4.57 Å². The van der Waals surface area contributed by atoms with Gasteiger partial charge < -0.3 is 11.1 Å². The summed E-state index contributed by atoms with van der Waals surface area (Å²) in [6.07, 6.45) is 1.99. The van der Waals surface area contributed by atoms with Gasteiger partial charge in [-0.1, -0.05) is 73.9 Å². The molecule has 186 valence electrons. The van der Waals surface area contributed by atoms with Gasteiger partial charge in [0.1, 0.15) is 0 Å². The second-order valence-corrected chi connectivity index (χ2v) is 7.14. The number of aromatic nitrogens is 10. The van der Waals surface area contributed by atoms with Crippen molar-refractivity contribution >= 4 is 40.1 Å². The first-order chi connectivity index (χ1) is 17.1. The molecule has 0 atom stereocenters. The third-order valence-corrected chi connectivity index (χ3v) is 4.98. The number of thioether (sulfide) groups is 1. The molecular formula is C22H32N12S. The summed E-state index contributed by atoms with van der Waals surface area (Å²) in [7, 11) is 3.57. The summed E-state index contributed by atoms with van der Waals surface area (Å²) in [6, 6.07) is 15.4. The first-order valence-corrected chi connectivity index (χ1v) is 12.4. The first-order valence-electron chi connectivity index (χ1n) is 11.2. The molecule has 0 saturated carbocycles. The molecule has 0 aliphatic heterocycles. The standard InChI is InChI=1S/C10H10N6S.C8H10N6.2C2H6/c1-15-9(12-13-14-15)16-8-6-4-3-5-7(8)11-10(16)17-2;1-14-8(11-12-13-14)10-7-5-3-2-4-6(7)9;2*1-2/h3-6H,1-2H3;2-5H,9H2,1H3,(H,10,11,13);2*1-2H3. The van der Waals surface area contributed by atoms with Crippen molar-refractivity contribution in [2.75, 3.05) is 17.3 Å². The summed E-state index contributed by atoms with van der Waals surface area (Å²) in [4.78, 5) is 4.55. The number of nitrogens with zero attached hydrogens (tertiary/aromatic N) is 10. The van der Waals surface area contributed by atoms with E-state index < -0.39 is 0 Å². The van der Waals surface area contributed by atoms with Crippen molar-refractivity contribution in [3.8, 4) is 5.95 Å². The number of tetrazole rings is 2. The Balaban J connectivity index is 0.000000220. The maximum Gasteiger partial charge on any atom is 0.256 e. The second kappa shape index (κ2) is 13.6. The molecule has 0 spiro atoms. The molecule has 0 radical (unpaired) electrons. The number of para-hydroxylation sites is 4. The minimum atomic E-state index is 0.558. The van der Waals surface area contributed by atoms with Gasteiger partial charge in [0.25, 0.3) is 5.95 Å². The second-order valence-electron chi connectivity index (χ2n) is 6.36. The van der Waals surface area contributed by atoms with E-state index in [1.165, 1.54) is 4.68 Å². The van der Waals surface area contributed by atoms with Crippen LogP contribution in [0.5, 0.6) is 0 Å². The monoisotopic (exact) mass is 496 g/mol. The van der Waals surface area contributed by atoms with Crippen molar-refractivity contribution in [1.82, 2.24) is 50.0 Å². The number of nitrogens with one attached hydrogen (secondary N) is 1. The third kappa shape index (κ3) is 6.53. The molecule has 35 heavy (non-hydrogen) atoms. The zero-order valence-corrected chi connectivity index (χ0v) is 21.9. The molecule has 2 aromatic carbocycles. The van der Waals surface area contributed by atoms with Crippen molar-refractivity contribution in [2.24, 2.45) is 14.1 Å². The zero-order valence-electron chi connectivity index (χ0n) is 21.1. The van der Waals surface area contributed by atoms with E-state index in [1.54, 1.807) is 23.5 Å². The molecular weight excluding hydrogens is 464 g/mol. The van der Waals surface area contributed by atoms with Crippen LogP contribution < -0.4 is 11.1 Å². The number of nitrogen functional groups attached to an aromatic ring is 1. The zero-order chi connectivity index (χ0) is 25.8. The van der Waals surface area contributed by atoms with Crippen LogP contribution in [0, 0.1) is 0 Å². The van der Waals surface area contributed by atoms with Gasteiger partial charge in [-0.2, -0.15) is 0 Å². The minimum Gasteiger partial charge on any atom is -0.397 e. The lowest BCUT2D eigenvalue weighted by Gasteiger charge is -2.05. The number of hydrogen-bond acceptors (Lipinski definition) is 10. The van der Waals surface area contributed by atoms with Gasteiger partial charge in [-0.05, 0) is 51.4 Å². The molecule has 0 amide bonds. The molecule has 3 N–H and O–H groups in total. The van der Waals surface area contributed by atoms with Crippen LogP contribution in [0.15, 0.2) is 53.7 Å². The van der Waals surface area contributed by atoms with Gasteiger partial charge in [-0.25, -0.2) is 14.3 Å². The number of hydrogen-bond donors (Lipinski definition) is 2. The SMILES string of the molecule is CC.CC.CSc1nc2ccccc2n1-c1nnnn1C.Cn1nnnc1Nc1ccccc1N. The topological polar surface area (TPSA) is 143 Å². The van der Waals surface area contributed by atoms with Gasteiger partial charge >= 0.3 is 0 Å². The Bertz CT molecular complexity index is 1310. The maximum atomic E-state index is 5.75. The van der Waals surface area contributed by atoms with Crippen LogP contribution >= 0.6 is 11.8 Å². The van der Waals surface area contributed by atoms with E-state index in [0.717, 1.165) is 21.9 Å². The van der Waals surface area contributed by atoms with Crippen LogP contribution in [0.25, 0.3) is 17.0 Å². The van der Waals surface area contributed by atoms with E-state index in [2.05, 4.69) is 41.4 Å². The fourth-order valence-electron chi connectivity index (χ4n) is 2.81. The quantitative estimate of drug-likeness (QED) is 0.278. The molecule has 5 rings (SSSR count). The van der Waals surface area contributed by atoms with Gasteiger partial charge in [-0.15, -0.1) is 0 Å². The Morgan fingerprint density at radius 2 is 1.46 bits per heavy atom. The van der Waals surface area contributed by atoms with Gasteiger partial charge in [0.2, 0.25) is 5.95 Å². The molecule has 0 bridgehead atoms. The molecule has 3 heterocycles. The minimum absolute atomic E-state index is 0.558. The largest absolute Gasteiger partial charge is 0.397 e. The van der Waals surface area contributed by atoms with Crippen LogP contribution in [0.2, 0.25) is 0 Å². The van der Waals surface area contributed by atoms with E-state index >= 15 is 0 Å². The highest BCUT2D eigenvalue weighted by molar-refractivity contribution is 7.98. The van der Waals surface area contributed by atoms with E-state index in [-0.39, 0.29) is 0 Å². The summed E-state index contributed by atoms with van der Waals surface area (Å²) >= 11 is 1.57. The molecule has 0 unspecified atom stereocenters. The smallest absolute Gasteiger partial charge is 0.256 e. The van der Waals surface area contributed by atoms with Gasteiger partial charge in [0.05, 0.1) is 22.4 Å². The molecule has 3 aromatic heterocycles. The van der Waals surface area contributed by atoms with Crippen LogP contribution in [0.3, 0.4) is 0 Å². The lowest BCUT2D eigenvalue weighted by molar-refractivity contribution is 0.682. The Hall–Kier alpha value is -4.00. The number of imidazole rings is 1. The summed E-state index contributed by atoms with van der Waals surface area (Å²) in [6.45, 7) is 8.00. The van der Waals surface area contributed by atoms with Crippen LogP contribution in [0.1, 0.15) is 27.7 Å². The van der Waals surface area contributed by atoms with E-state index in [4.69, 9.17) is 5.73 Å². The van der Waals surface area contributed by atoms with Crippen molar-refractivity contribution < 1.29 is 0 Å². The molecule has 12 nitrogen and oxygen atoms in total. The Kier molecular flexibility index (Phi) is 10.6. The molecule has 13 heteroatoms. The third-order valence-electron chi connectivity index (χ3n) is 4.34. The average Bonchev–Trinajstić information content (AvgIpc) is 3.61. The Morgan fingerprint density at radius 1 is 0.829 bits per heavy atom. The molecule has 0 aliphatic rings. The van der Waals surface area contributed by atoms with E-state index in [1.807, 2.05) is 94.1 Å². The van der Waals surface area contributed by atoms with Crippen LogP contribution in [-0.2, 0) is 14.1 Å². The van der Waals surface area contributed by atoms with Crippen LogP contribution in [0.4, 0.5) is 17.3 Å². The van der Waals surface area contributed by atoms with Crippen molar-refractivity contribution in [2.45, 2.75) is 32.9 Å². The lowest BCUT2D eigenvalue weighted by Crippen LogP contribution is -2.05. The van der Waals surface area contributed by atoms with E-state index in [0.29, 0.717) is 17.6 Å². The van der Waals surface area contributed by atoms with Crippen molar-refractivity contribution in [3.05, 3.63) is 48.5 Å². The van der Waals surface area contributed by atoms with Gasteiger partial charge in [0, 0.05) is 14.1 Å². The fourth-order valence-corrected chi connectivity index (χ4v) is 3.37. The normalized spacial score (nSPS) is 9.80. The molecule has 0 saturated heterocycles. The first kappa shape index (κ1) is 27.2. The number of rotatable bonds is 4. The highest BCUT2D eigenvalue weighted by Gasteiger charge is 2.15. The molecule has 5 aromatic rings. The Labute approximate surface area is 208 Å². The summed E-state index contributed by atoms with van der Waals surface area (Å²) in [5, 5.41) is 26.4. The molecule has 0 aliphatic carbocycles. The number of fused-ring (bicyclic) bond motifs is 1. The highest BCUT2D eigenvalue weighted by Crippen LogP contribution is 2.25. The predicted octanol–water partition coefficient (Wildman–Crippen LogP) is 3.86. The van der Waals surface area contributed by atoms with Crippen molar-refractivity contribution in [1.29, 1.82) is 0 Å². The van der Waals surface area contributed by atoms with Crippen molar-refractivity contribution in [3.63, 3.8) is 0 Å². The lowest BCUT2D eigenvalue weighted by atomic mass is 10.3. The highest BCUT2D eigenvalue weighted by atomic mass is 32.2. The number of anilines is 3. The van der Waals surface area contributed by atoms with Crippen LogP contribution in [-0.4, -0.2) is 56.2 Å². The van der Waals surface area contributed by atoms with E-state index in [9.17, 15) is 0 Å². The van der Waals surface area contributed by atoms with Gasteiger partial charge in [0.15, 0.2) is 5.16 Å². The fraction of sp³-hybridized carbons (Fsp3) is 0.318. The Morgan fingerprint density at radius 3 is 2.06 bits per heavy atom. The predicted molar refractivity (Wildman–Crippen MR) is 141 cm³/mol. The average molecular weight is 497 g/mol. The maximum absolute atomic E-state index is 5.75. The summed E-state index contributed by atoms with van der Waals surface area (Å²) < 4.78 is 5.13. The molecule has 0 fully saturated rings. The summed E-state index contributed by atoms with van der Waals surface area (Å²) in [5.41, 5.74) is 9.16. The number of benzene rings is 2. The number of aryl methyl sites for hydroxylation is 2. The number of nitrogens with two attached hydrogens (primary N) is 1. The summed E-state index contributed by atoms with van der Waals surface area (Å²) in [5.74, 6) is 1.23.